The lowest BCUT2D eigenvalue weighted by Crippen LogP contribution is -1.99. The van der Waals surface area contributed by atoms with Crippen molar-refractivity contribution in [2.75, 3.05) is 11.9 Å². The van der Waals surface area contributed by atoms with Gasteiger partial charge in [0.2, 0.25) is 0 Å². The molecule has 2 aromatic rings. The van der Waals surface area contributed by atoms with Crippen molar-refractivity contribution in [2.45, 2.75) is 19.8 Å². The summed E-state index contributed by atoms with van der Waals surface area (Å²) in [6.45, 7) is 2.30. The number of rotatable bonds is 6. The summed E-state index contributed by atoms with van der Waals surface area (Å²) in [6, 6.07) is 5.01. The average molecular weight is 339 g/mol. The molecular formula is C14H15BrN2O3. The summed E-state index contributed by atoms with van der Waals surface area (Å²) in [6.07, 6.45) is 3.62. The third-order valence-corrected chi connectivity index (χ3v) is 3.56. The molecular weight excluding hydrogens is 324 g/mol. The van der Waals surface area contributed by atoms with Crippen LogP contribution in [-0.2, 0) is 0 Å². The largest absolute Gasteiger partial charge is 0.493 e. The molecule has 106 valence electrons. The molecule has 0 aliphatic rings. The Bertz CT molecular complexity index is 631. The van der Waals surface area contributed by atoms with Crippen LogP contribution in [0.4, 0.5) is 5.69 Å². The third kappa shape index (κ3) is 3.25. The number of unbranched alkanes of at least 4 members (excludes halogenated alkanes) is 1. The standard InChI is InChI=1S/C14H15BrN2O3/c1-10-8-12-11(9-13(10)17(18)19)14(4-6-16-12)20-7-3-2-5-15/h4,6,8-9H,2-3,5,7H2,1H3. The molecule has 20 heavy (non-hydrogen) atoms. The van der Waals surface area contributed by atoms with Crippen molar-refractivity contribution in [3.63, 3.8) is 0 Å². The molecule has 0 bridgehead atoms. The molecule has 0 N–H and O–H groups in total. The highest BCUT2D eigenvalue weighted by Crippen LogP contribution is 2.30. The smallest absolute Gasteiger partial charge is 0.273 e. The number of halogens is 1. The first-order valence-corrected chi connectivity index (χ1v) is 7.48. The Kier molecular flexibility index (Phi) is 4.89. The molecule has 2 rings (SSSR count). The number of fused-ring (bicyclic) bond motifs is 1. The lowest BCUT2D eigenvalue weighted by molar-refractivity contribution is -0.385. The van der Waals surface area contributed by atoms with Gasteiger partial charge < -0.3 is 4.74 Å². The Labute approximate surface area is 125 Å². The van der Waals surface area contributed by atoms with Gasteiger partial charge in [-0.2, -0.15) is 0 Å². The maximum atomic E-state index is 11.0. The second kappa shape index (κ2) is 6.65. The van der Waals surface area contributed by atoms with Gasteiger partial charge in [0.25, 0.3) is 5.69 Å². The molecule has 0 spiro atoms. The van der Waals surface area contributed by atoms with E-state index in [1.165, 1.54) is 6.07 Å². The number of nitro benzene ring substituents is 1. The van der Waals surface area contributed by atoms with Gasteiger partial charge >= 0.3 is 0 Å². The van der Waals surface area contributed by atoms with Crippen LogP contribution in [0.3, 0.4) is 0 Å². The normalized spacial score (nSPS) is 10.7. The van der Waals surface area contributed by atoms with Crippen molar-refractivity contribution in [3.05, 3.63) is 40.1 Å². The summed E-state index contributed by atoms with van der Waals surface area (Å²) in [5.41, 5.74) is 1.41. The van der Waals surface area contributed by atoms with Gasteiger partial charge in [-0.1, -0.05) is 15.9 Å². The molecule has 0 amide bonds. The SMILES string of the molecule is Cc1cc2nccc(OCCCCBr)c2cc1[N+](=O)[O-]. The number of nitro groups is 1. The van der Waals surface area contributed by atoms with Crippen LogP contribution in [0.1, 0.15) is 18.4 Å². The first kappa shape index (κ1) is 14.7. The van der Waals surface area contributed by atoms with E-state index in [0.717, 1.165) is 18.2 Å². The molecule has 0 radical (unpaired) electrons. The Hall–Kier alpha value is -1.69. The molecule has 1 aromatic carbocycles. The number of hydrogen-bond acceptors (Lipinski definition) is 4. The molecule has 0 saturated heterocycles. The molecule has 0 saturated carbocycles. The van der Waals surface area contributed by atoms with Crippen molar-refractivity contribution >= 4 is 32.5 Å². The van der Waals surface area contributed by atoms with Gasteiger partial charge in [-0.25, -0.2) is 0 Å². The number of aromatic nitrogens is 1. The number of nitrogens with zero attached hydrogens (tertiary/aromatic N) is 2. The highest BCUT2D eigenvalue weighted by Gasteiger charge is 2.14. The van der Waals surface area contributed by atoms with E-state index in [9.17, 15) is 10.1 Å². The van der Waals surface area contributed by atoms with Crippen LogP contribution in [0.25, 0.3) is 10.9 Å². The number of pyridine rings is 1. The van der Waals surface area contributed by atoms with Crippen LogP contribution in [-0.4, -0.2) is 21.8 Å². The second-order valence-electron chi connectivity index (χ2n) is 4.47. The molecule has 6 heteroatoms. The second-order valence-corrected chi connectivity index (χ2v) is 5.26. The topological polar surface area (TPSA) is 65.3 Å². The van der Waals surface area contributed by atoms with Crippen molar-refractivity contribution in [3.8, 4) is 5.75 Å². The number of benzene rings is 1. The molecule has 0 aliphatic carbocycles. The van der Waals surface area contributed by atoms with Crippen LogP contribution in [0.2, 0.25) is 0 Å². The van der Waals surface area contributed by atoms with Crippen molar-refractivity contribution < 1.29 is 9.66 Å². The van der Waals surface area contributed by atoms with E-state index in [2.05, 4.69) is 20.9 Å². The van der Waals surface area contributed by atoms with Crippen LogP contribution in [0.5, 0.6) is 5.75 Å². The number of alkyl halides is 1. The summed E-state index contributed by atoms with van der Waals surface area (Å²) in [4.78, 5) is 14.9. The Morgan fingerprint density at radius 1 is 1.40 bits per heavy atom. The average Bonchev–Trinajstić information content (AvgIpc) is 2.42. The molecule has 1 aromatic heterocycles. The van der Waals surface area contributed by atoms with Crippen molar-refractivity contribution in [1.29, 1.82) is 0 Å². The number of hydrogen-bond donors (Lipinski definition) is 0. The molecule has 0 fully saturated rings. The van der Waals surface area contributed by atoms with Gasteiger partial charge in [0, 0.05) is 28.5 Å². The predicted octanol–water partition coefficient (Wildman–Crippen LogP) is 4.01. The summed E-state index contributed by atoms with van der Waals surface area (Å²) in [5.74, 6) is 0.646. The third-order valence-electron chi connectivity index (χ3n) is 3.00. The van der Waals surface area contributed by atoms with E-state index in [1.807, 2.05) is 0 Å². The zero-order valence-corrected chi connectivity index (χ0v) is 12.7. The minimum absolute atomic E-state index is 0.0933. The first-order chi connectivity index (χ1) is 9.63. The van der Waals surface area contributed by atoms with Crippen LogP contribution < -0.4 is 4.74 Å². The lowest BCUT2D eigenvalue weighted by atomic mass is 10.1. The summed E-state index contributed by atoms with van der Waals surface area (Å²) >= 11 is 3.37. The first-order valence-electron chi connectivity index (χ1n) is 6.36. The van der Waals surface area contributed by atoms with Crippen molar-refractivity contribution in [2.24, 2.45) is 0 Å². The van der Waals surface area contributed by atoms with Gasteiger partial charge in [0.15, 0.2) is 0 Å². The summed E-state index contributed by atoms with van der Waals surface area (Å²) in [7, 11) is 0. The van der Waals surface area contributed by atoms with Crippen LogP contribution in [0, 0.1) is 17.0 Å². The fourth-order valence-electron chi connectivity index (χ4n) is 1.96. The maximum absolute atomic E-state index is 11.0. The molecule has 0 aliphatic heterocycles. The Morgan fingerprint density at radius 2 is 2.20 bits per heavy atom. The fraction of sp³-hybridized carbons (Fsp3) is 0.357. The van der Waals surface area contributed by atoms with Crippen molar-refractivity contribution in [1.82, 2.24) is 4.98 Å². The Morgan fingerprint density at radius 3 is 2.90 bits per heavy atom. The van der Waals surface area contributed by atoms with Gasteiger partial charge in [0.05, 0.1) is 17.0 Å². The molecule has 0 atom stereocenters. The lowest BCUT2D eigenvalue weighted by Gasteiger charge is -2.09. The number of aryl methyl sites for hydroxylation is 1. The summed E-state index contributed by atoms with van der Waals surface area (Å²) in [5, 5.41) is 12.6. The van der Waals surface area contributed by atoms with Gasteiger partial charge in [0.1, 0.15) is 5.75 Å². The quantitative estimate of drug-likeness (QED) is 0.345. The fourth-order valence-corrected chi connectivity index (χ4v) is 2.36. The highest BCUT2D eigenvalue weighted by molar-refractivity contribution is 9.09. The highest BCUT2D eigenvalue weighted by atomic mass is 79.9. The van der Waals surface area contributed by atoms with E-state index in [0.29, 0.717) is 28.8 Å². The predicted molar refractivity (Wildman–Crippen MR) is 81.7 cm³/mol. The zero-order chi connectivity index (χ0) is 14.5. The van der Waals surface area contributed by atoms with Gasteiger partial charge in [-0.3, -0.25) is 15.1 Å². The van der Waals surface area contributed by atoms with E-state index < -0.39 is 0 Å². The van der Waals surface area contributed by atoms with Crippen LogP contribution in [0.15, 0.2) is 24.4 Å². The van der Waals surface area contributed by atoms with Gasteiger partial charge in [-0.15, -0.1) is 0 Å². The van der Waals surface area contributed by atoms with E-state index in [4.69, 9.17) is 4.74 Å². The summed E-state index contributed by atoms with van der Waals surface area (Å²) < 4.78 is 5.71. The van der Waals surface area contributed by atoms with E-state index in [1.54, 1.807) is 25.3 Å². The van der Waals surface area contributed by atoms with E-state index >= 15 is 0 Å². The Balaban J connectivity index is 2.34. The molecule has 0 unspecified atom stereocenters. The van der Waals surface area contributed by atoms with E-state index in [-0.39, 0.29) is 10.6 Å². The molecule has 5 nitrogen and oxygen atoms in total. The monoisotopic (exact) mass is 338 g/mol. The minimum Gasteiger partial charge on any atom is -0.493 e. The number of ether oxygens (including phenoxy) is 1. The van der Waals surface area contributed by atoms with Gasteiger partial charge in [-0.05, 0) is 31.9 Å². The zero-order valence-electron chi connectivity index (χ0n) is 11.1. The minimum atomic E-state index is -0.379. The molecule has 1 heterocycles. The maximum Gasteiger partial charge on any atom is 0.273 e. The van der Waals surface area contributed by atoms with Crippen LogP contribution >= 0.6 is 15.9 Å².